The van der Waals surface area contributed by atoms with Gasteiger partial charge in [0, 0.05) is 44.3 Å². The van der Waals surface area contributed by atoms with Gasteiger partial charge in [0.1, 0.15) is 5.76 Å². The van der Waals surface area contributed by atoms with Gasteiger partial charge in [-0.2, -0.15) is 0 Å². The molecule has 130 valence electrons. The van der Waals surface area contributed by atoms with Gasteiger partial charge in [0.05, 0.1) is 12.3 Å². The van der Waals surface area contributed by atoms with Gasteiger partial charge >= 0.3 is 0 Å². The zero-order chi connectivity index (χ0) is 16.7. The molecule has 1 aliphatic rings. The largest absolute Gasteiger partial charge is 0.381 e. The zero-order valence-corrected chi connectivity index (χ0v) is 14.9. The van der Waals surface area contributed by atoms with Crippen molar-refractivity contribution in [2.24, 2.45) is 10.9 Å². The van der Waals surface area contributed by atoms with E-state index in [4.69, 9.17) is 14.3 Å². The fourth-order valence-electron chi connectivity index (χ4n) is 3.00. The number of aromatic nitrogens is 1. The first kappa shape index (κ1) is 17.8. The minimum Gasteiger partial charge on any atom is -0.381 e. The van der Waals surface area contributed by atoms with Crippen molar-refractivity contribution in [3.8, 4) is 0 Å². The maximum Gasteiger partial charge on any atom is 0.193 e. The van der Waals surface area contributed by atoms with Crippen LogP contribution in [0.1, 0.15) is 37.3 Å². The van der Waals surface area contributed by atoms with Crippen LogP contribution < -0.4 is 5.32 Å². The molecule has 1 saturated heterocycles. The van der Waals surface area contributed by atoms with Crippen molar-refractivity contribution in [2.45, 2.75) is 40.5 Å². The van der Waals surface area contributed by atoms with Gasteiger partial charge in [-0.1, -0.05) is 5.16 Å². The lowest BCUT2D eigenvalue weighted by Gasteiger charge is -2.21. The molecule has 1 atom stereocenters. The van der Waals surface area contributed by atoms with Crippen molar-refractivity contribution in [1.29, 1.82) is 0 Å². The summed E-state index contributed by atoms with van der Waals surface area (Å²) in [5.41, 5.74) is 2.15. The lowest BCUT2D eigenvalue weighted by molar-refractivity contribution is 0.114. The smallest absolute Gasteiger partial charge is 0.193 e. The number of aliphatic imine (C=N–C) groups is 1. The van der Waals surface area contributed by atoms with E-state index in [0.717, 1.165) is 63.2 Å². The summed E-state index contributed by atoms with van der Waals surface area (Å²) in [7, 11) is 0. The third-order valence-electron chi connectivity index (χ3n) is 4.28. The SMILES string of the molecule is CCNC(=NCCc1c(C)noc1C)N1CCC(COCC)C1. The zero-order valence-electron chi connectivity index (χ0n) is 14.9. The second kappa shape index (κ2) is 8.91. The number of ether oxygens (including phenoxy) is 1. The van der Waals surface area contributed by atoms with Crippen LogP contribution >= 0.6 is 0 Å². The highest BCUT2D eigenvalue weighted by Crippen LogP contribution is 2.17. The molecule has 2 heterocycles. The van der Waals surface area contributed by atoms with Crippen LogP contribution in [0.15, 0.2) is 9.52 Å². The number of likely N-dealkylation sites (tertiary alicyclic amines) is 1. The van der Waals surface area contributed by atoms with E-state index in [0.29, 0.717) is 5.92 Å². The van der Waals surface area contributed by atoms with Crippen molar-refractivity contribution < 1.29 is 9.26 Å². The monoisotopic (exact) mass is 322 g/mol. The summed E-state index contributed by atoms with van der Waals surface area (Å²) in [5, 5.41) is 7.41. The van der Waals surface area contributed by atoms with E-state index >= 15 is 0 Å². The van der Waals surface area contributed by atoms with Crippen LogP contribution in [0.5, 0.6) is 0 Å². The average molecular weight is 322 g/mol. The lowest BCUT2D eigenvalue weighted by Crippen LogP contribution is -2.40. The lowest BCUT2D eigenvalue weighted by atomic mass is 10.1. The van der Waals surface area contributed by atoms with Gasteiger partial charge in [-0.25, -0.2) is 0 Å². The summed E-state index contributed by atoms with van der Waals surface area (Å²) < 4.78 is 10.8. The van der Waals surface area contributed by atoms with Gasteiger partial charge in [-0.15, -0.1) is 0 Å². The van der Waals surface area contributed by atoms with Crippen LogP contribution in [0.2, 0.25) is 0 Å². The van der Waals surface area contributed by atoms with E-state index in [2.05, 4.69) is 22.3 Å². The quantitative estimate of drug-likeness (QED) is 0.616. The number of guanidine groups is 1. The van der Waals surface area contributed by atoms with Gasteiger partial charge in [0.25, 0.3) is 0 Å². The van der Waals surface area contributed by atoms with Gasteiger partial charge < -0.3 is 19.5 Å². The van der Waals surface area contributed by atoms with E-state index in [1.165, 1.54) is 12.0 Å². The molecule has 6 nitrogen and oxygen atoms in total. The Morgan fingerprint density at radius 2 is 2.26 bits per heavy atom. The fourth-order valence-corrected chi connectivity index (χ4v) is 3.00. The molecule has 1 unspecified atom stereocenters. The summed E-state index contributed by atoms with van der Waals surface area (Å²) in [6.07, 6.45) is 2.04. The molecule has 0 spiro atoms. The molecule has 0 amide bonds. The van der Waals surface area contributed by atoms with Crippen LogP contribution in [0, 0.1) is 19.8 Å². The van der Waals surface area contributed by atoms with Crippen LogP contribution in [-0.4, -0.2) is 55.4 Å². The molecule has 6 heteroatoms. The maximum atomic E-state index is 5.56. The number of hydrogen-bond donors (Lipinski definition) is 1. The molecule has 2 rings (SSSR count). The van der Waals surface area contributed by atoms with Crippen molar-refractivity contribution >= 4 is 5.96 Å². The second-order valence-corrected chi connectivity index (χ2v) is 6.05. The first-order valence-electron chi connectivity index (χ1n) is 8.68. The van der Waals surface area contributed by atoms with Crippen molar-refractivity contribution in [1.82, 2.24) is 15.4 Å². The van der Waals surface area contributed by atoms with E-state index in [-0.39, 0.29) is 0 Å². The number of nitrogens with one attached hydrogen (secondary N) is 1. The summed E-state index contributed by atoms with van der Waals surface area (Å²) >= 11 is 0. The molecule has 0 bridgehead atoms. The van der Waals surface area contributed by atoms with Crippen LogP contribution in [0.3, 0.4) is 0 Å². The highest BCUT2D eigenvalue weighted by Gasteiger charge is 2.24. The number of rotatable bonds is 7. The molecule has 0 radical (unpaired) electrons. The Kier molecular flexibility index (Phi) is 6.89. The third-order valence-corrected chi connectivity index (χ3v) is 4.28. The van der Waals surface area contributed by atoms with Gasteiger partial charge in [-0.3, -0.25) is 4.99 Å². The molecule has 1 aromatic rings. The van der Waals surface area contributed by atoms with E-state index in [9.17, 15) is 0 Å². The van der Waals surface area contributed by atoms with Gasteiger partial charge in [-0.05, 0) is 40.5 Å². The van der Waals surface area contributed by atoms with Gasteiger partial charge in [0.15, 0.2) is 5.96 Å². The van der Waals surface area contributed by atoms with E-state index in [1.54, 1.807) is 0 Å². The fraction of sp³-hybridized carbons (Fsp3) is 0.765. The molecule has 1 aliphatic heterocycles. The molecule has 0 aliphatic carbocycles. The first-order valence-corrected chi connectivity index (χ1v) is 8.68. The third kappa shape index (κ3) is 4.96. The standard InChI is InChI=1S/C17H30N4O2/c1-5-18-17(21-10-8-15(11-21)12-22-6-2)19-9-7-16-13(3)20-23-14(16)4/h15H,5-12H2,1-4H3,(H,18,19). The summed E-state index contributed by atoms with van der Waals surface area (Å²) in [4.78, 5) is 7.14. The van der Waals surface area contributed by atoms with Gasteiger partial charge in [0.2, 0.25) is 0 Å². The highest BCUT2D eigenvalue weighted by atomic mass is 16.5. The molecule has 1 fully saturated rings. The highest BCUT2D eigenvalue weighted by molar-refractivity contribution is 5.80. The molecule has 0 aromatic carbocycles. The normalized spacial score (nSPS) is 18.7. The minimum atomic E-state index is 0.612. The van der Waals surface area contributed by atoms with Crippen LogP contribution in [0.4, 0.5) is 0 Å². The Bertz CT molecular complexity index is 493. The Hall–Kier alpha value is -1.56. The molecule has 0 saturated carbocycles. The minimum absolute atomic E-state index is 0.612. The van der Waals surface area contributed by atoms with Crippen molar-refractivity contribution in [3.63, 3.8) is 0 Å². The van der Waals surface area contributed by atoms with Crippen molar-refractivity contribution in [2.75, 3.05) is 39.4 Å². The molecular weight excluding hydrogens is 292 g/mol. The van der Waals surface area contributed by atoms with E-state index < -0.39 is 0 Å². The Morgan fingerprint density at radius 3 is 2.91 bits per heavy atom. The second-order valence-electron chi connectivity index (χ2n) is 6.05. The molecular formula is C17H30N4O2. The number of nitrogens with zero attached hydrogens (tertiary/aromatic N) is 3. The van der Waals surface area contributed by atoms with Crippen molar-refractivity contribution in [3.05, 3.63) is 17.0 Å². The van der Waals surface area contributed by atoms with Crippen LogP contribution in [0.25, 0.3) is 0 Å². The number of aryl methyl sites for hydroxylation is 2. The molecule has 23 heavy (non-hydrogen) atoms. The Morgan fingerprint density at radius 1 is 1.43 bits per heavy atom. The summed E-state index contributed by atoms with van der Waals surface area (Å²) in [6, 6.07) is 0. The Balaban J connectivity index is 1.90. The van der Waals surface area contributed by atoms with E-state index in [1.807, 2.05) is 20.8 Å². The summed E-state index contributed by atoms with van der Waals surface area (Å²) in [6.45, 7) is 13.5. The topological polar surface area (TPSA) is 62.9 Å². The summed E-state index contributed by atoms with van der Waals surface area (Å²) in [5.74, 6) is 2.53. The molecule has 1 aromatic heterocycles. The average Bonchev–Trinajstić information content (AvgIpc) is 3.13. The molecule has 1 N–H and O–H groups in total. The predicted octanol–water partition coefficient (Wildman–Crippen LogP) is 2.16. The van der Waals surface area contributed by atoms with Crippen LogP contribution in [-0.2, 0) is 11.2 Å². The first-order chi connectivity index (χ1) is 11.2. The maximum absolute atomic E-state index is 5.56. The Labute approximate surface area is 139 Å². The predicted molar refractivity (Wildman–Crippen MR) is 91.8 cm³/mol. The number of hydrogen-bond acceptors (Lipinski definition) is 4.